The zero-order valence-electron chi connectivity index (χ0n) is 13.3. The third-order valence-corrected chi connectivity index (χ3v) is 5.87. The molecule has 0 aliphatic carbocycles. The summed E-state index contributed by atoms with van der Waals surface area (Å²) in [5.74, 6) is -1.02. The van der Waals surface area contributed by atoms with E-state index in [1.54, 1.807) is 31.2 Å². The molecule has 1 aliphatic rings. The van der Waals surface area contributed by atoms with Gasteiger partial charge in [0, 0.05) is 22.8 Å². The number of nitrogens with zero attached hydrogens (tertiary/aromatic N) is 1. The van der Waals surface area contributed by atoms with E-state index in [0.717, 1.165) is 4.31 Å². The average Bonchev–Trinajstić information content (AvgIpc) is 2.78. The van der Waals surface area contributed by atoms with Crippen LogP contribution in [0.2, 0.25) is 5.02 Å². The lowest BCUT2D eigenvalue weighted by atomic mass is 10.1. The molecule has 0 radical (unpaired) electrons. The van der Waals surface area contributed by atoms with Gasteiger partial charge in [0.25, 0.3) is 21.8 Å². The van der Waals surface area contributed by atoms with Crippen LogP contribution in [0.5, 0.6) is 0 Å². The van der Waals surface area contributed by atoms with Crippen LogP contribution in [0, 0.1) is 0 Å². The van der Waals surface area contributed by atoms with Crippen molar-refractivity contribution in [2.75, 3.05) is 11.9 Å². The van der Waals surface area contributed by atoms with Crippen molar-refractivity contribution >= 4 is 39.1 Å². The Balaban J connectivity index is 1.92. The average molecular weight is 379 g/mol. The minimum Gasteiger partial charge on any atom is -0.322 e. The normalized spacial score (nSPS) is 15.1. The van der Waals surface area contributed by atoms with Crippen molar-refractivity contribution in [3.05, 3.63) is 58.6 Å². The number of anilines is 1. The van der Waals surface area contributed by atoms with E-state index in [2.05, 4.69) is 5.32 Å². The molecule has 8 heteroatoms. The molecule has 2 aromatic carbocycles. The third kappa shape index (κ3) is 3.12. The fourth-order valence-electron chi connectivity index (χ4n) is 2.58. The van der Waals surface area contributed by atoms with Crippen LogP contribution in [0.15, 0.2) is 47.4 Å². The van der Waals surface area contributed by atoms with E-state index in [9.17, 15) is 18.0 Å². The number of hydrogen-bond donors (Lipinski definition) is 1. The van der Waals surface area contributed by atoms with Crippen molar-refractivity contribution < 1.29 is 18.0 Å². The lowest BCUT2D eigenvalue weighted by molar-refractivity contribution is 0.0870. The molecule has 1 N–H and O–H groups in total. The maximum Gasteiger partial charge on any atom is 0.269 e. The highest BCUT2D eigenvalue weighted by atomic mass is 35.5. The van der Waals surface area contributed by atoms with Gasteiger partial charge in [-0.3, -0.25) is 9.59 Å². The van der Waals surface area contributed by atoms with E-state index >= 15 is 0 Å². The summed E-state index contributed by atoms with van der Waals surface area (Å²) < 4.78 is 25.9. The van der Waals surface area contributed by atoms with Crippen molar-refractivity contribution in [3.63, 3.8) is 0 Å². The minimum atomic E-state index is -3.91. The Labute approximate surface area is 150 Å². The molecule has 0 saturated carbocycles. The van der Waals surface area contributed by atoms with Crippen LogP contribution in [0.25, 0.3) is 0 Å². The number of rotatable bonds is 4. The lowest BCUT2D eigenvalue weighted by Crippen LogP contribution is -2.30. The van der Waals surface area contributed by atoms with Crippen LogP contribution in [-0.2, 0) is 10.0 Å². The quantitative estimate of drug-likeness (QED) is 0.885. The van der Waals surface area contributed by atoms with Crippen molar-refractivity contribution in [2.45, 2.75) is 18.2 Å². The predicted octanol–water partition coefficient (Wildman–Crippen LogP) is 3.15. The molecule has 0 fully saturated rings. The molecule has 0 atom stereocenters. The van der Waals surface area contributed by atoms with Gasteiger partial charge in [0.2, 0.25) is 0 Å². The summed E-state index contributed by atoms with van der Waals surface area (Å²) in [5.41, 5.74) is 0.779. The molecule has 3 rings (SSSR count). The zero-order chi connectivity index (χ0) is 18.2. The van der Waals surface area contributed by atoms with Gasteiger partial charge in [0.1, 0.15) is 4.90 Å². The maximum absolute atomic E-state index is 12.5. The minimum absolute atomic E-state index is 0.0940. The third-order valence-electron chi connectivity index (χ3n) is 3.80. The summed E-state index contributed by atoms with van der Waals surface area (Å²) in [7, 11) is -3.91. The van der Waals surface area contributed by atoms with Gasteiger partial charge in [-0.1, -0.05) is 18.5 Å². The molecule has 6 nitrogen and oxygen atoms in total. The number of amides is 2. The van der Waals surface area contributed by atoms with Gasteiger partial charge in [0.15, 0.2) is 0 Å². The first-order valence-electron chi connectivity index (χ1n) is 7.62. The second-order valence-corrected chi connectivity index (χ2v) is 7.82. The number of hydrogen-bond acceptors (Lipinski definition) is 4. The van der Waals surface area contributed by atoms with Gasteiger partial charge in [-0.25, -0.2) is 12.7 Å². The lowest BCUT2D eigenvalue weighted by Gasteiger charge is -2.13. The Bertz CT molecular complexity index is 955. The molecule has 0 aromatic heterocycles. The zero-order valence-corrected chi connectivity index (χ0v) is 14.9. The molecular formula is C17H15ClN2O4S. The Morgan fingerprint density at radius 3 is 2.48 bits per heavy atom. The molecule has 25 heavy (non-hydrogen) atoms. The van der Waals surface area contributed by atoms with Crippen LogP contribution in [0.1, 0.15) is 34.1 Å². The molecule has 0 bridgehead atoms. The Hall–Kier alpha value is -2.38. The highest BCUT2D eigenvalue weighted by molar-refractivity contribution is 7.90. The molecule has 2 amide bonds. The Morgan fingerprint density at radius 1 is 1.16 bits per heavy atom. The highest BCUT2D eigenvalue weighted by Gasteiger charge is 2.40. The van der Waals surface area contributed by atoms with E-state index in [1.165, 1.54) is 18.2 Å². The van der Waals surface area contributed by atoms with Crippen LogP contribution in [0.3, 0.4) is 0 Å². The van der Waals surface area contributed by atoms with Gasteiger partial charge >= 0.3 is 0 Å². The number of carbonyl (C=O) groups excluding carboxylic acids is 2. The summed E-state index contributed by atoms with van der Waals surface area (Å²) in [6, 6.07) is 10.6. The number of nitrogens with one attached hydrogen (secondary N) is 1. The van der Waals surface area contributed by atoms with Crippen LogP contribution >= 0.6 is 11.6 Å². The summed E-state index contributed by atoms with van der Waals surface area (Å²) in [6.45, 7) is 1.90. The summed E-state index contributed by atoms with van der Waals surface area (Å²) >= 11 is 5.80. The second-order valence-electron chi connectivity index (χ2n) is 5.55. The first-order chi connectivity index (χ1) is 11.8. The standard InChI is InChI=1S/C17H15ClN2O4S/c1-2-9-20-17(22)14-8-3-11(10-15(14)25(20,23)24)16(21)19-13-6-4-12(18)5-7-13/h3-8,10H,2,9H2,1H3,(H,19,21). The molecule has 1 aliphatic heterocycles. The topological polar surface area (TPSA) is 83.6 Å². The fourth-order valence-corrected chi connectivity index (χ4v) is 4.39. The van der Waals surface area contributed by atoms with E-state index in [1.807, 2.05) is 0 Å². The van der Waals surface area contributed by atoms with Crippen molar-refractivity contribution in [2.24, 2.45) is 0 Å². The fraction of sp³-hybridized carbons (Fsp3) is 0.176. The van der Waals surface area contributed by atoms with E-state index < -0.39 is 21.8 Å². The molecule has 2 aromatic rings. The number of carbonyl (C=O) groups is 2. The van der Waals surface area contributed by atoms with E-state index in [-0.39, 0.29) is 22.6 Å². The molecule has 0 unspecified atom stereocenters. The molecule has 1 heterocycles. The number of sulfonamides is 1. The first-order valence-corrected chi connectivity index (χ1v) is 9.44. The van der Waals surface area contributed by atoms with Crippen LogP contribution < -0.4 is 5.32 Å². The van der Waals surface area contributed by atoms with Crippen molar-refractivity contribution in [1.82, 2.24) is 4.31 Å². The van der Waals surface area contributed by atoms with Crippen LogP contribution in [0.4, 0.5) is 5.69 Å². The summed E-state index contributed by atoms with van der Waals surface area (Å²) in [6.07, 6.45) is 0.517. The van der Waals surface area contributed by atoms with Gasteiger partial charge in [-0.05, 0) is 48.9 Å². The van der Waals surface area contributed by atoms with Gasteiger partial charge in [-0.2, -0.15) is 0 Å². The molecule has 0 saturated heterocycles. The summed E-state index contributed by atoms with van der Waals surface area (Å²) in [4.78, 5) is 24.5. The van der Waals surface area contributed by atoms with Gasteiger partial charge in [0.05, 0.1) is 5.56 Å². The van der Waals surface area contributed by atoms with Gasteiger partial charge in [-0.15, -0.1) is 0 Å². The SMILES string of the molecule is CCCN1C(=O)c2ccc(C(=O)Nc3ccc(Cl)cc3)cc2S1(=O)=O. The van der Waals surface area contributed by atoms with Crippen molar-refractivity contribution in [3.8, 4) is 0 Å². The second kappa shape index (κ2) is 6.50. The van der Waals surface area contributed by atoms with E-state index in [4.69, 9.17) is 11.6 Å². The first kappa shape index (κ1) is 17.4. The number of benzene rings is 2. The van der Waals surface area contributed by atoms with Gasteiger partial charge < -0.3 is 5.32 Å². The summed E-state index contributed by atoms with van der Waals surface area (Å²) in [5, 5.41) is 3.20. The predicted molar refractivity (Wildman–Crippen MR) is 94.4 cm³/mol. The maximum atomic E-state index is 12.5. The number of halogens is 1. The Kier molecular flexibility index (Phi) is 4.53. The molecule has 130 valence electrons. The highest BCUT2D eigenvalue weighted by Crippen LogP contribution is 2.31. The van der Waals surface area contributed by atoms with Crippen LogP contribution in [-0.4, -0.2) is 31.1 Å². The van der Waals surface area contributed by atoms with Crippen molar-refractivity contribution in [1.29, 1.82) is 0 Å². The molecular weight excluding hydrogens is 364 g/mol. The van der Waals surface area contributed by atoms with E-state index in [0.29, 0.717) is 17.1 Å². The molecule has 0 spiro atoms. The smallest absolute Gasteiger partial charge is 0.269 e. The monoisotopic (exact) mass is 378 g/mol. The Morgan fingerprint density at radius 2 is 1.84 bits per heavy atom. The number of fused-ring (bicyclic) bond motifs is 1. The largest absolute Gasteiger partial charge is 0.322 e.